The molecule has 0 atom stereocenters. The second-order valence-corrected chi connectivity index (χ2v) is 5.23. The zero-order valence-corrected chi connectivity index (χ0v) is 12.2. The van der Waals surface area contributed by atoms with E-state index in [-0.39, 0.29) is 6.61 Å². The van der Waals surface area contributed by atoms with Crippen molar-refractivity contribution in [3.63, 3.8) is 0 Å². The second kappa shape index (κ2) is 7.00. The number of allylic oxidation sites excluding steroid dienone is 1. The highest BCUT2D eigenvalue weighted by molar-refractivity contribution is 5.75. The van der Waals surface area contributed by atoms with Crippen LogP contribution in [0, 0.1) is 0 Å². The molecule has 0 saturated carbocycles. The summed E-state index contributed by atoms with van der Waals surface area (Å²) < 4.78 is 0. The third-order valence-corrected chi connectivity index (χ3v) is 3.80. The number of hydrogen-bond acceptors (Lipinski definition) is 2. The molecule has 2 rings (SSSR count). The fourth-order valence-corrected chi connectivity index (χ4v) is 2.46. The highest BCUT2D eigenvalue weighted by Gasteiger charge is 2.32. The van der Waals surface area contributed by atoms with Crippen LogP contribution in [-0.4, -0.2) is 18.0 Å². The summed E-state index contributed by atoms with van der Waals surface area (Å²) >= 11 is 0. The first-order chi connectivity index (χ1) is 10.2. The van der Waals surface area contributed by atoms with Crippen LogP contribution in [0.5, 0.6) is 0 Å². The molecule has 0 unspecified atom stereocenters. The van der Waals surface area contributed by atoms with Gasteiger partial charge in [-0.25, -0.2) is 0 Å². The molecule has 0 bridgehead atoms. The summed E-state index contributed by atoms with van der Waals surface area (Å²) in [7, 11) is 0. The van der Waals surface area contributed by atoms with Crippen molar-refractivity contribution in [1.82, 2.24) is 0 Å². The van der Waals surface area contributed by atoms with Crippen molar-refractivity contribution >= 4 is 6.29 Å². The summed E-state index contributed by atoms with van der Waals surface area (Å²) in [5, 5.41) is 9.19. The summed E-state index contributed by atoms with van der Waals surface area (Å²) in [6.07, 6.45) is 3.49. The van der Waals surface area contributed by atoms with E-state index in [1.165, 1.54) is 0 Å². The number of aliphatic hydroxyl groups excluding tert-OH is 1. The first-order valence-corrected chi connectivity index (χ1v) is 7.07. The van der Waals surface area contributed by atoms with E-state index >= 15 is 0 Å². The molecule has 0 radical (unpaired) electrons. The first-order valence-electron chi connectivity index (χ1n) is 7.07. The van der Waals surface area contributed by atoms with Crippen LogP contribution in [0.15, 0.2) is 72.3 Å². The smallest absolute Gasteiger partial charge is 0.135 e. The topological polar surface area (TPSA) is 37.3 Å². The first kappa shape index (κ1) is 15.2. The molecule has 2 nitrogen and oxygen atoms in total. The molecule has 2 heteroatoms. The van der Waals surface area contributed by atoms with Crippen LogP contribution in [-0.2, 0) is 10.2 Å². The van der Waals surface area contributed by atoms with Crippen molar-refractivity contribution < 1.29 is 9.90 Å². The van der Waals surface area contributed by atoms with Crippen molar-refractivity contribution in [1.29, 1.82) is 0 Å². The largest absolute Gasteiger partial charge is 0.392 e. The lowest BCUT2D eigenvalue weighted by atomic mass is 9.73. The summed E-state index contributed by atoms with van der Waals surface area (Å²) in [4.78, 5) is 12.0. The summed E-state index contributed by atoms with van der Waals surface area (Å²) in [5.74, 6) is 0. The molecule has 0 fully saturated rings. The molecule has 0 aromatic heterocycles. The standard InChI is InChI=1S/C19H20O2/c1-16(14-20)12-13-19(15-21,17-8-4-2-5-9-17)18-10-6-3-7-11-18/h2-12,15,20H,13-14H2,1H3/b16-12+. The Balaban J connectivity index is 2.54. The van der Waals surface area contributed by atoms with E-state index in [0.29, 0.717) is 6.42 Å². The van der Waals surface area contributed by atoms with Crippen molar-refractivity contribution in [3.05, 3.63) is 83.4 Å². The molecule has 21 heavy (non-hydrogen) atoms. The molecular weight excluding hydrogens is 260 g/mol. The molecule has 0 amide bonds. The minimum Gasteiger partial charge on any atom is -0.392 e. The van der Waals surface area contributed by atoms with Crippen molar-refractivity contribution in [2.45, 2.75) is 18.8 Å². The van der Waals surface area contributed by atoms with Gasteiger partial charge in [-0.2, -0.15) is 0 Å². The number of benzene rings is 2. The van der Waals surface area contributed by atoms with Crippen LogP contribution in [0.1, 0.15) is 24.5 Å². The van der Waals surface area contributed by atoms with Gasteiger partial charge in [-0.1, -0.05) is 72.3 Å². The van der Waals surface area contributed by atoms with E-state index in [4.69, 9.17) is 0 Å². The van der Waals surface area contributed by atoms with Gasteiger partial charge < -0.3 is 9.90 Å². The van der Waals surface area contributed by atoms with Gasteiger partial charge in [0.25, 0.3) is 0 Å². The fraction of sp³-hybridized carbons (Fsp3) is 0.211. The Morgan fingerprint density at radius 3 is 1.86 bits per heavy atom. The van der Waals surface area contributed by atoms with Crippen LogP contribution in [0.3, 0.4) is 0 Å². The molecule has 2 aromatic rings. The van der Waals surface area contributed by atoms with E-state index in [1.807, 2.05) is 73.7 Å². The molecule has 108 valence electrons. The maximum atomic E-state index is 12.0. The minimum absolute atomic E-state index is 0.0124. The molecule has 0 saturated heterocycles. The van der Waals surface area contributed by atoms with E-state index in [9.17, 15) is 9.90 Å². The highest BCUT2D eigenvalue weighted by atomic mass is 16.3. The average molecular weight is 280 g/mol. The number of rotatable bonds is 6. The molecule has 0 heterocycles. The number of hydrogen-bond donors (Lipinski definition) is 1. The number of carbonyl (C=O) groups is 1. The molecule has 2 aromatic carbocycles. The number of aliphatic hydroxyl groups is 1. The average Bonchev–Trinajstić information content (AvgIpc) is 2.57. The van der Waals surface area contributed by atoms with Gasteiger partial charge in [0, 0.05) is 0 Å². The lowest BCUT2D eigenvalue weighted by Gasteiger charge is -2.28. The Morgan fingerprint density at radius 2 is 1.48 bits per heavy atom. The van der Waals surface area contributed by atoms with Crippen molar-refractivity contribution in [2.24, 2.45) is 0 Å². The predicted molar refractivity (Wildman–Crippen MR) is 85.2 cm³/mol. The van der Waals surface area contributed by atoms with Gasteiger partial charge in [0.15, 0.2) is 0 Å². The molecule has 0 aliphatic rings. The van der Waals surface area contributed by atoms with Crippen LogP contribution < -0.4 is 0 Å². The van der Waals surface area contributed by atoms with Gasteiger partial charge in [0.2, 0.25) is 0 Å². The highest BCUT2D eigenvalue weighted by Crippen LogP contribution is 2.34. The van der Waals surface area contributed by atoms with Crippen LogP contribution in [0.4, 0.5) is 0 Å². The van der Waals surface area contributed by atoms with Gasteiger partial charge >= 0.3 is 0 Å². The third-order valence-electron chi connectivity index (χ3n) is 3.80. The van der Waals surface area contributed by atoms with Crippen molar-refractivity contribution in [3.8, 4) is 0 Å². The predicted octanol–water partition coefficient (Wildman–Crippen LogP) is 3.50. The van der Waals surface area contributed by atoms with E-state index in [1.54, 1.807) is 0 Å². The Bertz CT molecular complexity index is 560. The van der Waals surface area contributed by atoms with Crippen LogP contribution in [0.2, 0.25) is 0 Å². The molecule has 0 aliphatic heterocycles. The van der Waals surface area contributed by atoms with Gasteiger partial charge in [0.1, 0.15) is 6.29 Å². The normalized spacial score (nSPS) is 12.2. The second-order valence-electron chi connectivity index (χ2n) is 5.23. The Kier molecular flexibility index (Phi) is 5.07. The number of carbonyl (C=O) groups excluding carboxylic acids is 1. The van der Waals surface area contributed by atoms with Crippen LogP contribution in [0.25, 0.3) is 0 Å². The summed E-state index contributed by atoms with van der Waals surface area (Å²) in [6.45, 7) is 1.88. The van der Waals surface area contributed by atoms with Gasteiger partial charge in [-0.3, -0.25) is 0 Å². The molecular formula is C19H20O2. The quantitative estimate of drug-likeness (QED) is 0.649. The Hall–Kier alpha value is -2.19. The lowest BCUT2D eigenvalue weighted by molar-refractivity contribution is -0.111. The molecule has 1 N–H and O–H groups in total. The fourth-order valence-electron chi connectivity index (χ4n) is 2.46. The van der Waals surface area contributed by atoms with E-state index < -0.39 is 5.41 Å². The number of aldehydes is 1. The summed E-state index contributed by atoms with van der Waals surface area (Å²) in [5.41, 5.74) is 2.09. The molecule has 0 aliphatic carbocycles. The molecule has 0 spiro atoms. The zero-order valence-electron chi connectivity index (χ0n) is 12.2. The monoisotopic (exact) mass is 280 g/mol. The summed E-state index contributed by atoms with van der Waals surface area (Å²) in [6, 6.07) is 19.6. The zero-order chi connectivity index (χ0) is 15.1. The van der Waals surface area contributed by atoms with E-state index in [2.05, 4.69) is 0 Å². The van der Waals surface area contributed by atoms with Crippen molar-refractivity contribution in [2.75, 3.05) is 6.61 Å². The maximum absolute atomic E-state index is 12.0. The van der Waals surface area contributed by atoms with Gasteiger partial charge in [-0.15, -0.1) is 0 Å². The van der Waals surface area contributed by atoms with Gasteiger partial charge in [0.05, 0.1) is 12.0 Å². The third kappa shape index (κ3) is 3.29. The minimum atomic E-state index is -0.709. The van der Waals surface area contributed by atoms with E-state index in [0.717, 1.165) is 23.0 Å². The lowest BCUT2D eigenvalue weighted by Crippen LogP contribution is -2.29. The van der Waals surface area contributed by atoms with Gasteiger partial charge in [-0.05, 0) is 24.5 Å². The maximum Gasteiger partial charge on any atom is 0.135 e. The Labute approximate surface area is 125 Å². The Morgan fingerprint density at radius 1 is 1.00 bits per heavy atom. The van der Waals surface area contributed by atoms with Crippen LogP contribution >= 0.6 is 0 Å². The SMILES string of the molecule is C/C(=C\CC(C=O)(c1ccccc1)c1ccccc1)CO.